The van der Waals surface area contributed by atoms with Crippen molar-refractivity contribution in [2.24, 2.45) is 18.9 Å². The average molecular weight is 427 g/mol. The van der Waals surface area contributed by atoms with Crippen LogP contribution in [0.4, 0.5) is 5.82 Å². The van der Waals surface area contributed by atoms with E-state index in [0.717, 1.165) is 88.2 Å². The first kappa shape index (κ1) is 20.7. The molecule has 31 heavy (non-hydrogen) atoms. The fourth-order valence-electron chi connectivity index (χ4n) is 5.77. The number of hydrogen-bond acceptors (Lipinski definition) is 6. The van der Waals surface area contributed by atoms with Crippen molar-refractivity contribution < 1.29 is 9.53 Å². The van der Waals surface area contributed by atoms with Gasteiger partial charge in [0.2, 0.25) is 5.91 Å². The normalized spacial score (nSPS) is 24.5. The number of aromatic nitrogens is 4. The highest BCUT2D eigenvalue weighted by Gasteiger charge is 2.37. The summed E-state index contributed by atoms with van der Waals surface area (Å²) in [6.45, 7) is 4.34. The third kappa shape index (κ3) is 4.14. The molecule has 0 spiro atoms. The topological polar surface area (TPSA) is 76.4 Å². The summed E-state index contributed by atoms with van der Waals surface area (Å²) in [6, 6.07) is 0.392. The summed E-state index contributed by atoms with van der Waals surface area (Å²) < 4.78 is 7.30. The second-order valence-electron chi connectivity index (χ2n) is 9.36. The van der Waals surface area contributed by atoms with Crippen molar-refractivity contribution in [1.82, 2.24) is 24.6 Å². The van der Waals surface area contributed by atoms with Gasteiger partial charge in [-0.3, -0.25) is 9.48 Å². The Balaban J connectivity index is 1.29. The van der Waals surface area contributed by atoms with Crippen LogP contribution in [-0.2, 0) is 16.6 Å². The number of nitrogens with zero attached hydrogens (tertiary/aromatic N) is 6. The third-order valence-electron chi connectivity index (χ3n) is 7.54. The molecule has 0 unspecified atom stereocenters. The molecule has 1 atom stereocenters. The summed E-state index contributed by atoms with van der Waals surface area (Å²) in [5.74, 6) is 2.12. The van der Waals surface area contributed by atoms with Gasteiger partial charge in [-0.1, -0.05) is 12.8 Å². The monoisotopic (exact) mass is 426 g/mol. The predicted molar refractivity (Wildman–Crippen MR) is 119 cm³/mol. The highest BCUT2D eigenvalue weighted by molar-refractivity contribution is 5.86. The van der Waals surface area contributed by atoms with Gasteiger partial charge in [0.1, 0.15) is 12.1 Å². The number of carbonyl (C=O) groups is 1. The largest absolute Gasteiger partial charge is 0.381 e. The molecule has 168 valence electrons. The van der Waals surface area contributed by atoms with Crippen LogP contribution < -0.4 is 4.90 Å². The molecule has 3 fully saturated rings. The van der Waals surface area contributed by atoms with E-state index in [4.69, 9.17) is 4.74 Å². The molecule has 3 aliphatic heterocycles. The summed E-state index contributed by atoms with van der Waals surface area (Å²) in [7, 11) is 1.92. The zero-order valence-corrected chi connectivity index (χ0v) is 18.6. The Hall–Kier alpha value is -2.22. The number of fused-ring (bicyclic) bond motifs is 1. The molecule has 0 N–H and O–H groups in total. The van der Waals surface area contributed by atoms with Crippen LogP contribution >= 0.6 is 0 Å². The zero-order valence-electron chi connectivity index (χ0n) is 18.6. The van der Waals surface area contributed by atoms with E-state index in [9.17, 15) is 4.79 Å². The van der Waals surface area contributed by atoms with Gasteiger partial charge < -0.3 is 14.5 Å². The average Bonchev–Trinajstić information content (AvgIpc) is 3.05. The number of piperidine rings is 1. The number of ether oxygens (including phenoxy) is 1. The van der Waals surface area contributed by atoms with Crippen LogP contribution in [0.15, 0.2) is 12.5 Å². The molecule has 2 aromatic rings. The van der Waals surface area contributed by atoms with Gasteiger partial charge in [0.05, 0.1) is 11.6 Å². The third-order valence-corrected chi connectivity index (χ3v) is 7.54. The Morgan fingerprint density at radius 1 is 1.00 bits per heavy atom. The van der Waals surface area contributed by atoms with Crippen molar-refractivity contribution >= 4 is 22.8 Å². The Morgan fingerprint density at radius 2 is 1.81 bits per heavy atom. The maximum absolute atomic E-state index is 13.4. The van der Waals surface area contributed by atoms with Gasteiger partial charge in [-0.2, -0.15) is 5.10 Å². The Labute approximate surface area is 184 Å². The highest BCUT2D eigenvalue weighted by Crippen LogP contribution is 2.34. The van der Waals surface area contributed by atoms with Crippen LogP contribution in [0.2, 0.25) is 0 Å². The summed E-state index contributed by atoms with van der Waals surface area (Å²) in [5, 5.41) is 5.38. The number of carbonyl (C=O) groups excluding carboxylic acids is 1. The predicted octanol–water partition coefficient (Wildman–Crippen LogP) is 2.78. The van der Waals surface area contributed by atoms with Crippen molar-refractivity contribution in [2.45, 2.75) is 57.4 Å². The van der Waals surface area contributed by atoms with Crippen LogP contribution in [0.1, 0.15) is 51.4 Å². The van der Waals surface area contributed by atoms with Gasteiger partial charge >= 0.3 is 0 Å². The first-order valence-corrected chi connectivity index (χ1v) is 12.0. The molecule has 8 heteroatoms. The second-order valence-corrected chi connectivity index (χ2v) is 9.36. The van der Waals surface area contributed by atoms with Crippen LogP contribution in [0, 0.1) is 11.8 Å². The van der Waals surface area contributed by atoms with E-state index >= 15 is 0 Å². The first-order valence-electron chi connectivity index (χ1n) is 12.0. The maximum atomic E-state index is 13.4. The molecule has 3 aliphatic rings. The standard InChI is InChI=1S/C23H34N6O2/c1-27-21-19(15-26-27)22(25-16-24-21)28-11-6-17(7-12-28)20-5-3-2-4-10-29(20)23(30)18-8-13-31-14-9-18/h15-18,20H,2-14H2,1H3/t20-/m1/s1. The number of rotatable bonds is 3. The lowest BCUT2D eigenvalue weighted by molar-refractivity contribution is -0.142. The number of anilines is 1. The molecule has 0 saturated carbocycles. The highest BCUT2D eigenvalue weighted by atomic mass is 16.5. The van der Waals surface area contributed by atoms with Crippen molar-refractivity contribution in [3.05, 3.63) is 12.5 Å². The lowest BCUT2D eigenvalue weighted by atomic mass is 9.85. The van der Waals surface area contributed by atoms with Gasteiger partial charge in [-0.15, -0.1) is 0 Å². The molecule has 5 heterocycles. The van der Waals surface area contributed by atoms with E-state index in [0.29, 0.717) is 17.9 Å². The molecule has 0 bridgehead atoms. The van der Waals surface area contributed by atoms with Crippen molar-refractivity contribution in [3.63, 3.8) is 0 Å². The minimum Gasteiger partial charge on any atom is -0.381 e. The minimum absolute atomic E-state index is 0.161. The molecule has 1 amide bonds. The molecular formula is C23H34N6O2. The molecule has 0 radical (unpaired) electrons. The summed E-state index contributed by atoms with van der Waals surface area (Å²) in [6.07, 6.45) is 12.3. The van der Waals surface area contributed by atoms with E-state index in [1.54, 1.807) is 11.0 Å². The molecular weight excluding hydrogens is 392 g/mol. The number of hydrogen-bond donors (Lipinski definition) is 0. The van der Waals surface area contributed by atoms with E-state index in [-0.39, 0.29) is 5.92 Å². The Kier molecular flexibility index (Phi) is 6.07. The molecule has 2 aromatic heterocycles. The van der Waals surface area contributed by atoms with E-state index in [1.807, 2.05) is 13.2 Å². The van der Waals surface area contributed by atoms with Crippen LogP contribution in [-0.4, -0.2) is 69.4 Å². The van der Waals surface area contributed by atoms with Crippen LogP contribution in [0.5, 0.6) is 0 Å². The number of aryl methyl sites for hydroxylation is 1. The summed E-state index contributed by atoms with van der Waals surface area (Å²) >= 11 is 0. The van der Waals surface area contributed by atoms with Gasteiger partial charge in [-0.05, 0) is 44.4 Å². The van der Waals surface area contributed by atoms with E-state index in [2.05, 4.69) is 24.9 Å². The lowest BCUT2D eigenvalue weighted by Crippen LogP contribution is -2.50. The van der Waals surface area contributed by atoms with Crippen LogP contribution in [0.3, 0.4) is 0 Å². The molecule has 3 saturated heterocycles. The Bertz CT molecular complexity index is 901. The van der Waals surface area contributed by atoms with Gasteiger partial charge in [-0.25, -0.2) is 9.97 Å². The van der Waals surface area contributed by atoms with Gasteiger partial charge in [0, 0.05) is 51.9 Å². The lowest BCUT2D eigenvalue weighted by Gasteiger charge is -2.42. The quantitative estimate of drug-likeness (QED) is 0.751. The van der Waals surface area contributed by atoms with Crippen LogP contribution in [0.25, 0.3) is 11.0 Å². The first-order chi connectivity index (χ1) is 15.2. The molecule has 8 nitrogen and oxygen atoms in total. The number of amides is 1. The maximum Gasteiger partial charge on any atom is 0.226 e. The fraction of sp³-hybridized carbons (Fsp3) is 0.739. The second kappa shape index (κ2) is 9.10. The fourth-order valence-corrected chi connectivity index (χ4v) is 5.77. The minimum atomic E-state index is 0.161. The molecule has 0 aliphatic carbocycles. The molecule has 0 aromatic carbocycles. The zero-order chi connectivity index (χ0) is 21.2. The van der Waals surface area contributed by atoms with E-state index in [1.165, 1.54) is 12.8 Å². The SMILES string of the molecule is Cn1ncc2c(N3CCC([C@H]4CCCCCN4C(=O)C4CCOCC4)CC3)ncnc21. The Morgan fingerprint density at radius 3 is 2.61 bits per heavy atom. The number of likely N-dealkylation sites (tertiary alicyclic amines) is 1. The van der Waals surface area contributed by atoms with Crippen molar-refractivity contribution in [3.8, 4) is 0 Å². The van der Waals surface area contributed by atoms with E-state index < -0.39 is 0 Å². The van der Waals surface area contributed by atoms with Gasteiger partial charge in [0.25, 0.3) is 0 Å². The summed E-state index contributed by atoms with van der Waals surface area (Å²) in [5.41, 5.74) is 0.879. The smallest absolute Gasteiger partial charge is 0.226 e. The van der Waals surface area contributed by atoms with Gasteiger partial charge in [0.15, 0.2) is 5.65 Å². The molecule has 5 rings (SSSR count). The van der Waals surface area contributed by atoms with Crippen molar-refractivity contribution in [1.29, 1.82) is 0 Å². The summed E-state index contributed by atoms with van der Waals surface area (Å²) in [4.78, 5) is 27.1. The van der Waals surface area contributed by atoms with Crippen molar-refractivity contribution in [2.75, 3.05) is 37.7 Å².